The predicted molar refractivity (Wildman–Crippen MR) is 69.6 cm³/mol. The summed E-state index contributed by atoms with van der Waals surface area (Å²) in [4.78, 5) is 18.6. The van der Waals surface area contributed by atoms with E-state index < -0.39 is 5.97 Å². The van der Waals surface area contributed by atoms with Crippen LogP contribution < -0.4 is 4.74 Å². The summed E-state index contributed by atoms with van der Waals surface area (Å²) in [6, 6.07) is 8.91. The molecule has 0 saturated heterocycles. The van der Waals surface area contributed by atoms with Gasteiger partial charge in [-0.05, 0) is 23.6 Å². The van der Waals surface area contributed by atoms with E-state index in [9.17, 15) is 4.79 Å². The van der Waals surface area contributed by atoms with Crippen molar-refractivity contribution in [3.63, 3.8) is 0 Å². The molecule has 1 aromatic heterocycles. The first kappa shape index (κ1) is 13.0. The van der Waals surface area contributed by atoms with Crippen LogP contribution in [0.15, 0.2) is 36.5 Å². The van der Waals surface area contributed by atoms with Crippen LogP contribution >= 0.6 is 0 Å². The number of para-hydroxylation sites is 1. The number of rotatable bonds is 4. The maximum absolute atomic E-state index is 10.8. The Bertz CT molecular complexity index is 597. The van der Waals surface area contributed by atoms with Crippen LogP contribution in [0.25, 0.3) is 0 Å². The SMILES string of the molecule is CC(C)c1ccccc1Oc1nccc(C(=O)O)n1. The summed E-state index contributed by atoms with van der Waals surface area (Å²) in [7, 11) is 0. The lowest BCUT2D eigenvalue weighted by atomic mass is 10.0. The van der Waals surface area contributed by atoms with Crippen molar-refractivity contribution in [2.24, 2.45) is 0 Å². The lowest BCUT2D eigenvalue weighted by molar-refractivity contribution is 0.0689. The molecule has 0 aliphatic carbocycles. The second-order valence-corrected chi connectivity index (χ2v) is 4.32. The average molecular weight is 258 g/mol. The molecular formula is C14H14N2O3. The van der Waals surface area contributed by atoms with E-state index in [1.54, 1.807) is 0 Å². The van der Waals surface area contributed by atoms with E-state index in [1.165, 1.54) is 12.3 Å². The Balaban J connectivity index is 2.31. The summed E-state index contributed by atoms with van der Waals surface area (Å²) in [5.74, 6) is -0.178. The van der Waals surface area contributed by atoms with Crippen molar-refractivity contribution in [2.45, 2.75) is 19.8 Å². The Morgan fingerprint density at radius 3 is 2.68 bits per heavy atom. The van der Waals surface area contributed by atoms with E-state index >= 15 is 0 Å². The third kappa shape index (κ3) is 3.07. The van der Waals surface area contributed by atoms with Crippen LogP contribution in [-0.2, 0) is 0 Å². The molecule has 0 amide bonds. The molecule has 5 nitrogen and oxygen atoms in total. The van der Waals surface area contributed by atoms with Crippen molar-refractivity contribution in [3.8, 4) is 11.8 Å². The standard InChI is InChI=1S/C14H14N2O3/c1-9(2)10-5-3-4-6-12(10)19-14-15-8-7-11(16-14)13(17)18/h3-9H,1-2H3,(H,17,18). The molecule has 1 heterocycles. The Morgan fingerprint density at radius 1 is 1.26 bits per heavy atom. The Morgan fingerprint density at radius 2 is 2.00 bits per heavy atom. The van der Waals surface area contributed by atoms with Crippen molar-refractivity contribution in [2.75, 3.05) is 0 Å². The molecule has 0 saturated carbocycles. The van der Waals surface area contributed by atoms with Crippen LogP contribution in [0.2, 0.25) is 0 Å². The zero-order valence-electron chi connectivity index (χ0n) is 10.7. The van der Waals surface area contributed by atoms with Gasteiger partial charge < -0.3 is 9.84 Å². The maximum atomic E-state index is 10.8. The topological polar surface area (TPSA) is 72.3 Å². The minimum Gasteiger partial charge on any atom is -0.477 e. The number of carboxylic acids is 1. The highest BCUT2D eigenvalue weighted by molar-refractivity contribution is 5.85. The highest BCUT2D eigenvalue weighted by atomic mass is 16.5. The zero-order chi connectivity index (χ0) is 13.8. The average Bonchev–Trinajstić information content (AvgIpc) is 2.39. The molecule has 98 valence electrons. The number of ether oxygens (including phenoxy) is 1. The lowest BCUT2D eigenvalue weighted by Crippen LogP contribution is -2.03. The summed E-state index contributed by atoms with van der Waals surface area (Å²) in [6.45, 7) is 4.10. The summed E-state index contributed by atoms with van der Waals surface area (Å²) in [5, 5.41) is 8.87. The summed E-state index contributed by atoms with van der Waals surface area (Å²) in [5.41, 5.74) is 0.929. The van der Waals surface area contributed by atoms with E-state index in [-0.39, 0.29) is 11.7 Å². The maximum Gasteiger partial charge on any atom is 0.354 e. The van der Waals surface area contributed by atoms with Crippen LogP contribution in [0.3, 0.4) is 0 Å². The molecule has 1 N–H and O–H groups in total. The highest BCUT2D eigenvalue weighted by Gasteiger charge is 2.11. The predicted octanol–water partition coefficient (Wildman–Crippen LogP) is 3.09. The molecule has 19 heavy (non-hydrogen) atoms. The molecule has 0 aliphatic heterocycles. The third-order valence-corrected chi connectivity index (χ3v) is 2.59. The van der Waals surface area contributed by atoms with Crippen molar-refractivity contribution in [1.82, 2.24) is 9.97 Å². The molecule has 2 rings (SSSR count). The lowest BCUT2D eigenvalue weighted by Gasteiger charge is -2.12. The number of carboxylic acid groups (broad SMARTS) is 1. The van der Waals surface area contributed by atoms with Gasteiger partial charge in [0.1, 0.15) is 5.75 Å². The largest absolute Gasteiger partial charge is 0.477 e. The molecule has 1 aromatic carbocycles. The number of aromatic carboxylic acids is 1. The van der Waals surface area contributed by atoms with E-state index in [0.29, 0.717) is 11.7 Å². The number of benzene rings is 1. The van der Waals surface area contributed by atoms with Crippen LogP contribution in [0.4, 0.5) is 0 Å². The molecule has 0 bridgehead atoms. The third-order valence-electron chi connectivity index (χ3n) is 2.59. The second kappa shape index (κ2) is 5.48. The molecule has 0 fully saturated rings. The van der Waals surface area contributed by atoms with Gasteiger partial charge in [0.25, 0.3) is 0 Å². The van der Waals surface area contributed by atoms with Crippen LogP contribution in [-0.4, -0.2) is 21.0 Å². The number of hydrogen-bond donors (Lipinski definition) is 1. The van der Waals surface area contributed by atoms with Gasteiger partial charge in [0.2, 0.25) is 0 Å². The van der Waals surface area contributed by atoms with Gasteiger partial charge >= 0.3 is 12.0 Å². The van der Waals surface area contributed by atoms with Gasteiger partial charge in [-0.3, -0.25) is 0 Å². The van der Waals surface area contributed by atoms with E-state index in [4.69, 9.17) is 9.84 Å². The number of hydrogen-bond acceptors (Lipinski definition) is 4. The molecule has 2 aromatic rings. The number of carbonyl (C=O) groups is 1. The summed E-state index contributed by atoms with van der Waals surface area (Å²) in [6.07, 6.45) is 1.36. The highest BCUT2D eigenvalue weighted by Crippen LogP contribution is 2.28. The minimum absolute atomic E-state index is 0.0352. The van der Waals surface area contributed by atoms with Gasteiger partial charge in [0.05, 0.1) is 0 Å². The van der Waals surface area contributed by atoms with Gasteiger partial charge in [0.15, 0.2) is 5.69 Å². The van der Waals surface area contributed by atoms with Crippen molar-refractivity contribution >= 4 is 5.97 Å². The summed E-state index contributed by atoms with van der Waals surface area (Å²) < 4.78 is 5.58. The summed E-state index contributed by atoms with van der Waals surface area (Å²) >= 11 is 0. The molecule has 0 radical (unpaired) electrons. The quantitative estimate of drug-likeness (QED) is 0.912. The van der Waals surface area contributed by atoms with E-state index in [0.717, 1.165) is 5.56 Å². The van der Waals surface area contributed by atoms with Gasteiger partial charge in [-0.2, -0.15) is 4.98 Å². The fourth-order valence-electron chi connectivity index (χ4n) is 1.66. The first-order chi connectivity index (χ1) is 9.08. The normalized spacial score (nSPS) is 10.5. The van der Waals surface area contributed by atoms with Crippen molar-refractivity contribution in [1.29, 1.82) is 0 Å². The molecule has 0 aliphatic rings. The molecule has 0 atom stereocenters. The Kier molecular flexibility index (Phi) is 3.75. The molecule has 0 unspecified atom stereocenters. The van der Waals surface area contributed by atoms with E-state index in [1.807, 2.05) is 24.3 Å². The van der Waals surface area contributed by atoms with Crippen molar-refractivity contribution in [3.05, 3.63) is 47.8 Å². The molecular weight excluding hydrogens is 244 g/mol. The Labute approximate surface area is 110 Å². The van der Waals surface area contributed by atoms with Crippen LogP contribution in [0, 0.1) is 0 Å². The van der Waals surface area contributed by atoms with E-state index in [2.05, 4.69) is 23.8 Å². The van der Waals surface area contributed by atoms with Crippen LogP contribution in [0.1, 0.15) is 35.8 Å². The number of nitrogens with zero attached hydrogens (tertiary/aromatic N) is 2. The zero-order valence-corrected chi connectivity index (χ0v) is 10.7. The smallest absolute Gasteiger partial charge is 0.354 e. The fourth-order valence-corrected chi connectivity index (χ4v) is 1.66. The first-order valence-corrected chi connectivity index (χ1v) is 5.91. The first-order valence-electron chi connectivity index (χ1n) is 5.91. The monoisotopic (exact) mass is 258 g/mol. The van der Waals surface area contributed by atoms with Crippen LogP contribution in [0.5, 0.6) is 11.8 Å². The van der Waals surface area contributed by atoms with Gasteiger partial charge in [-0.15, -0.1) is 0 Å². The molecule has 5 heteroatoms. The molecule has 0 spiro atoms. The fraction of sp³-hybridized carbons (Fsp3) is 0.214. The van der Waals surface area contributed by atoms with Gasteiger partial charge in [-0.25, -0.2) is 9.78 Å². The second-order valence-electron chi connectivity index (χ2n) is 4.32. The van der Waals surface area contributed by atoms with Crippen molar-refractivity contribution < 1.29 is 14.6 Å². The number of aromatic nitrogens is 2. The van der Waals surface area contributed by atoms with Gasteiger partial charge in [0, 0.05) is 6.20 Å². The Hall–Kier alpha value is -2.43. The minimum atomic E-state index is -1.11. The van der Waals surface area contributed by atoms with Gasteiger partial charge in [-0.1, -0.05) is 32.0 Å².